The van der Waals surface area contributed by atoms with Crippen LogP contribution in [0.4, 0.5) is 0 Å². The fraction of sp³-hybridized carbons (Fsp3) is 0.529. The predicted octanol–water partition coefficient (Wildman–Crippen LogP) is 3.70. The Morgan fingerprint density at radius 1 is 1.25 bits per heavy atom. The summed E-state index contributed by atoms with van der Waals surface area (Å²) in [5, 5.41) is 10.7. The van der Waals surface area contributed by atoms with E-state index >= 15 is 0 Å². The van der Waals surface area contributed by atoms with Gasteiger partial charge in [0.25, 0.3) is 0 Å². The molecule has 0 aliphatic rings. The molecule has 0 aromatic carbocycles. The first kappa shape index (κ1) is 20.5. The average molecular weight is 446 g/mol. The van der Waals surface area contributed by atoms with E-state index in [-0.39, 0.29) is 24.0 Å². The fourth-order valence-corrected chi connectivity index (χ4v) is 2.01. The minimum Gasteiger partial charge on any atom is -0.469 e. The molecule has 2 N–H and O–H groups in total. The van der Waals surface area contributed by atoms with Crippen LogP contribution in [0, 0.1) is 0 Å². The Bertz CT molecular complexity index is 594. The Kier molecular flexibility index (Phi) is 9.51. The highest BCUT2D eigenvalue weighted by atomic mass is 127. The van der Waals surface area contributed by atoms with E-state index in [1.165, 1.54) is 0 Å². The number of hydrogen-bond donors (Lipinski definition) is 2. The maximum Gasteiger partial charge on any atom is 0.191 e. The lowest BCUT2D eigenvalue weighted by Gasteiger charge is -2.11. The van der Waals surface area contributed by atoms with Gasteiger partial charge in [-0.15, -0.1) is 24.0 Å². The van der Waals surface area contributed by atoms with Gasteiger partial charge in [0.2, 0.25) is 0 Å². The molecule has 0 aliphatic heterocycles. The lowest BCUT2D eigenvalue weighted by atomic mass is 10.1. The smallest absolute Gasteiger partial charge is 0.191 e. The first-order chi connectivity index (χ1) is 11.2. The van der Waals surface area contributed by atoms with Crippen molar-refractivity contribution >= 4 is 29.9 Å². The second-order valence-corrected chi connectivity index (χ2v) is 5.72. The van der Waals surface area contributed by atoms with Gasteiger partial charge >= 0.3 is 0 Å². The first-order valence-electron chi connectivity index (χ1n) is 8.19. The molecule has 0 saturated carbocycles. The number of rotatable bonds is 8. The molecule has 2 aromatic rings. The Hall–Kier alpha value is -1.51. The van der Waals surface area contributed by atoms with Crippen LogP contribution in [-0.4, -0.2) is 24.2 Å². The topological polar surface area (TPSA) is 75.6 Å². The zero-order valence-electron chi connectivity index (χ0n) is 14.5. The Labute approximate surface area is 160 Å². The van der Waals surface area contributed by atoms with Gasteiger partial charge in [0.15, 0.2) is 11.7 Å². The molecule has 7 heteroatoms. The zero-order chi connectivity index (χ0) is 16.5. The molecule has 24 heavy (non-hydrogen) atoms. The number of aromatic nitrogens is 1. The second kappa shape index (κ2) is 11.1. The molecule has 0 fully saturated rings. The van der Waals surface area contributed by atoms with Crippen LogP contribution in [-0.2, 0) is 13.0 Å². The number of hydrogen-bond acceptors (Lipinski definition) is 4. The van der Waals surface area contributed by atoms with Crippen LogP contribution in [0.5, 0.6) is 0 Å². The summed E-state index contributed by atoms with van der Waals surface area (Å²) in [5.41, 5.74) is 0.962. The standard InChI is InChI=1S/C17H26N4O2.HI/c1-4-8-18-17(19-9-7-14-6-5-10-22-14)20-12-15-11-16(13(2)3)21-23-15;/h5-6,10-11,13H,4,7-9,12H2,1-3H3,(H2,18,19,20);1H. The highest BCUT2D eigenvalue weighted by Gasteiger charge is 2.07. The Balaban J connectivity index is 0.00000288. The van der Waals surface area contributed by atoms with Crippen LogP contribution in [0.2, 0.25) is 0 Å². The minimum absolute atomic E-state index is 0. The van der Waals surface area contributed by atoms with Gasteiger partial charge in [-0.05, 0) is 24.5 Å². The molecular formula is C17H27IN4O2. The lowest BCUT2D eigenvalue weighted by Crippen LogP contribution is -2.38. The summed E-state index contributed by atoms with van der Waals surface area (Å²) >= 11 is 0. The molecule has 0 saturated heterocycles. The van der Waals surface area contributed by atoms with Gasteiger partial charge < -0.3 is 19.6 Å². The fourth-order valence-electron chi connectivity index (χ4n) is 2.01. The maximum absolute atomic E-state index is 5.33. The van der Waals surface area contributed by atoms with Crippen molar-refractivity contribution in [3.63, 3.8) is 0 Å². The summed E-state index contributed by atoms with van der Waals surface area (Å²) in [6.07, 6.45) is 3.55. The van der Waals surface area contributed by atoms with Crippen molar-refractivity contribution in [2.45, 2.75) is 46.1 Å². The van der Waals surface area contributed by atoms with Crippen LogP contribution in [0.25, 0.3) is 0 Å². The minimum atomic E-state index is 0. The Morgan fingerprint density at radius 3 is 2.67 bits per heavy atom. The van der Waals surface area contributed by atoms with Gasteiger partial charge in [0.05, 0.1) is 12.0 Å². The van der Waals surface area contributed by atoms with E-state index in [2.05, 4.69) is 41.6 Å². The van der Waals surface area contributed by atoms with Crippen molar-refractivity contribution < 1.29 is 8.94 Å². The summed E-state index contributed by atoms with van der Waals surface area (Å²) < 4.78 is 10.6. The van der Waals surface area contributed by atoms with Gasteiger partial charge in [0.1, 0.15) is 12.3 Å². The molecule has 0 atom stereocenters. The normalized spacial score (nSPS) is 11.4. The van der Waals surface area contributed by atoms with Crippen LogP contribution >= 0.6 is 24.0 Å². The monoisotopic (exact) mass is 446 g/mol. The van der Waals surface area contributed by atoms with Crippen molar-refractivity contribution in [1.82, 2.24) is 15.8 Å². The summed E-state index contributed by atoms with van der Waals surface area (Å²) in [7, 11) is 0. The average Bonchev–Trinajstić information content (AvgIpc) is 3.20. The molecule has 0 radical (unpaired) electrons. The third kappa shape index (κ3) is 6.94. The zero-order valence-corrected chi connectivity index (χ0v) is 16.9. The van der Waals surface area contributed by atoms with Crippen molar-refractivity contribution in [2.24, 2.45) is 4.99 Å². The molecule has 0 amide bonds. The van der Waals surface area contributed by atoms with Crippen molar-refractivity contribution in [3.05, 3.63) is 41.7 Å². The summed E-state index contributed by atoms with van der Waals surface area (Å²) in [6.45, 7) is 8.42. The number of nitrogens with one attached hydrogen (secondary N) is 2. The molecule has 0 bridgehead atoms. The van der Waals surface area contributed by atoms with E-state index in [0.717, 1.165) is 49.1 Å². The lowest BCUT2D eigenvalue weighted by molar-refractivity contribution is 0.376. The molecule has 2 aromatic heterocycles. The predicted molar refractivity (Wildman–Crippen MR) is 106 cm³/mol. The van der Waals surface area contributed by atoms with Crippen LogP contribution in [0.3, 0.4) is 0 Å². The second-order valence-electron chi connectivity index (χ2n) is 5.72. The summed E-state index contributed by atoms with van der Waals surface area (Å²) in [6, 6.07) is 5.84. The summed E-state index contributed by atoms with van der Waals surface area (Å²) in [5.74, 6) is 2.88. The van der Waals surface area contributed by atoms with Gasteiger partial charge in [-0.1, -0.05) is 25.9 Å². The number of nitrogens with zero attached hydrogens (tertiary/aromatic N) is 2. The van der Waals surface area contributed by atoms with E-state index in [4.69, 9.17) is 8.94 Å². The third-order valence-electron chi connectivity index (χ3n) is 3.35. The van der Waals surface area contributed by atoms with Crippen LogP contribution in [0.1, 0.15) is 50.3 Å². The molecule has 2 rings (SSSR count). The molecule has 0 spiro atoms. The molecule has 0 aliphatic carbocycles. The van der Waals surface area contributed by atoms with E-state index in [1.807, 2.05) is 18.2 Å². The van der Waals surface area contributed by atoms with Gasteiger partial charge in [-0.2, -0.15) is 0 Å². The van der Waals surface area contributed by atoms with Gasteiger partial charge in [-0.3, -0.25) is 0 Å². The highest BCUT2D eigenvalue weighted by Crippen LogP contribution is 2.14. The largest absolute Gasteiger partial charge is 0.469 e. The van der Waals surface area contributed by atoms with Crippen molar-refractivity contribution in [2.75, 3.05) is 13.1 Å². The molecule has 134 valence electrons. The van der Waals surface area contributed by atoms with E-state index in [9.17, 15) is 0 Å². The molecule has 2 heterocycles. The maximum atomic E-state index is 5.33. The first-order valence-corrected chi connectivity index (χ1v) is 8.19. The molecular weight excluding hydrogens is 419 g/mol. The third-order valence-corrected chi connectivity index (χ3v) is 3.35. The van der Waals surface area contributed by atoms with Crippen LogP contribution < -0.4 is 10.6 Å². The van der Waals surface area contributed by atoms with Gasteiger partial charge in [-0.25, -0.2) is 4.99 Å². The number of aliphatic imine (C=N–C) groups is 1. The Morgan fingerprint density at radius 2 is 2.04 bits per heavy atom. The van der Waals surface area contributed by atoms with E-state index in [0.29, 0.717) is 12.5 Å². The highest BCUT2D eigenvalue weighted by molar-refractivity contribution is 14.0. The van der Waals surface area contributed by atoms with Gasteiger partial charge in [0, 0.05) is 25.6 Å². The number of furan rings is 1. The van der Waals surface area contributed by atoms with E-state index in [1.54, 1.807) is 6.26 Å². The van der Waals surface area contributed by atoms with E-state index < -0.39 is 0 Å². The van der Waals surface area contributed by atoms with Crippen molar-refractivity contribution in [3.8, 4) is 0 Å². The number of guanidine groups is 1. The SMILES string of the molecule is CCCNC(=NCc1cc(C(C)C)no1)NCCc1ccco1.I. The summed E-state index contributed by atoms with van der Waals surface area (Å²) in [4.78, 5) is 4.55. The number of halogens is 1. The van der Waals surface area contributed by atoms with Crippen molar-refractivity contribution in [1.29, 1.82) is 0 Å². The quantitative estimate of drug-likeness (QED) is 0.368. The molecule has 6 nitrogen and oxygen atoms in total. The molecule has 0 unspecified atom stereocenters. The van der Waals surface area contributed by atoms with Crippen LogP contribution in [0.15, 0.2) is 38.4 Å².